The number of fused-ring (bicyclic) bond motifs is 1. The van der Waals surface area contributed by atoms with Crippen LogP contribution in [0.5, 0.6) is 0 Å². The molecule has 2 aromatic rings. The molecular weight excluding hydrogens is 276 g/mol. The summed E-state index contributed by atoms with van der Waals surface area (Å²) in [6, 6.07) is 7.91. The predicted octanol–water partition coefficient (Wildman–Crippen LogP) is 1.73. The lowest BCUT2D eigenvalue weighted by atomic mass is 10.1. The number of likely N-dealkylation sites (tertiary alicyclic amines) is 1. The molecule has 1 saturated heterocycles. The van der Waals surface area contributed by atoms with Gasteiger partial charge in [-0.3, -0.25) is 4.90 Å². The minimum absolute atomic E-state index is 0.449. The molecule has 2 unspecified atom stereocenters. The molecule has 0 bridgehead atoms. The summed E-state index contributed by atoms with van der Waals surface area (Å²) in [5.41, 5.74) is 2.74. The normalized spacial score (nSPS) is 23.6. The summed E-state index contributed by atoms with van der Waals surface area (Å²) < 4.78 is 0. The number of pyridine rings is 1. The molecule has 0 radical (unpaired) electrons. The molecule has 0 amide bonds. The van der Waals surface area contributed by atoms with Crippen molar-refractivity contribution < 1.29 is 10.2 Å². The van der Waals surface area contributed by atoms with Crippen LogP contribution in [-0.4, -0.2) is 45.4 Å². The smallest absolute Gasteiger partial charge is 0.0938 e. The van der Waals surface area contributed by atoms with Crippen LogP contribution in [-0.2, 0) is 6.54 Å². The van der Waals surface area contributed by atoms with E-state index < -0.39 is 12.2 Å². The van der Waals surface area contributed by atoms with E-state index in [0.717, 1.165) is 22.2 Å². The van der Waals surface area contributed by atoms with Gasteiger partial charge in [0.25, 0.3) is 0 Å². The number of hydrogen-bond donors (Lipinski definition) is 2. The van der Waals surface area contributed by atoms with Crippen molar-refractivity contribution in [2.45, 2.75) is 25.7 Å². The number of β-amino-alcohol motifs (C(OH)–C–C–N with tert-alkyl or cyclic N) is 2. The fourth-order valence-corrected chi connectivity index (χ4v) is 2.91. The van der Waals surface area contributed by atoms with Crippen molar-refractivity contribution >= 4 is 22.5 Å². The SMILES string of the molecule is Cc1c(Cl)c(CN2CC(O)C(O)C2)nc2ccccc12. The van der Waals surface area contributed by atoms with Crippen molar-refractivity contribution in [3.05, 3.63) is 40.5 Å². The average molecular weight is 293 g/mol. The molecule has 0 spiro atoms. The Bertz CT molecular complexity index is 637. The second-order valence-electron chi connectivity index (χ2n) is 5.34. The summed E-state index contributed by atoms with van der Waals surface area (Å²) in [5, 5.41) is 20.9. The molecule has 2 heterocycles. The van der Waals surface area contributed by atoms with Gasteiger partial charge in [0, 0.05) is 25.0 Å². The number of halogens is 1. The first-order chi connectivity index (χ1) is 9.56. The minimum atomic E-state index is -0.685. The van der Waals surface area contributed by atoms with E-state index in [9.17, 15) is 10.2 Å². The molecule has 5 heteroatoms. The first kappa shape index (κ1) is 13.8. The minimum Gasteiger partial charge on any atom is -0.389 e. The van der Waals surface area contributed by atoms with Crippen molar-refractivity contribution in [1.82, 2.24) is 9.88 Å². The fourth-order valence-electron chi connectivity index (χ4n) is 2.71. The van der Waals surface area contributed by atoms with Gasteiger partial charge in [-0.05, 0) is 18.6 Å². The third-order valence-corrected chi connectivity index (χ3v) is 4.36. The molecule has 106 valence electrons. The Hall–Kier alpha value is -1.20. The zero-order valence-corrected chi connectivity index (χ0v) is 12.0. The zero-order chi connectivity index (χ0) is 14.3. The van der Waals surface area contributed by atoms with E-state index in [1.54, 1.807) is 0 Å². The lowest BCUT2D eigenvalue weighted by Gasteiger charge is -2.17. The van der Waals surface area contributed by atoms with Crippen LogP contribution in [0.25, 0.3) is 10.9 Å². The van der Waals surface area contributed by atoms with E-state index in [0.29, 0.717) is 24.7 Å². The van der Waals surface area contributed by atoms with Gasteiger partial charge in [0.05, 0.1) is 28.4 Å². The van der Waals surface area contributed by atoms with Gasteiger partial charge < -0.3 is 10.2 Å². The van der Waals surface area contributed by atoms with Gasteiger partial charge in [0.1, 0.15) is 0 Å². The third-order valence-electron chi connectivity index (χ3n) is 3.85. The molecule has 1 aromatic carbocycles. The number of benzene rings is 1. The predicted molar refractivity (Wildman–Crippen MR) is 78.8 cm³/mol. The van der Waals surface area contributed by atoms with E-state index in [2.05, 4.69) is 4.98 Å². The van der Waals surface area contributed by atoms with Gasteiger partial charge in [-0.2, -0.15) is 0 Å². The van der Waals surface area contributed by atoms with Crippen LogP contribution in [0.1, 0.15) is 11.3 Å². The molecule has 1 fully saturated rings. The summed E-state index contributed by atoms with van der Waals surface area (Å²) in [6.45, 7) is 3.43. The third kappa shape index (κ3) is 2.40. The maximum absolute atomic E-state index is 9.60. The largest absolute Gasteiger partial charge is 0.389 e. The maximum atomic E-state index is 9.60. The lowest BCUT2D eigenvalue weighted by molar-refractivity contribution is 0.0572. The van der Waals surface area contributed by atoms with Crippen molar-refractivity contribution in [3.8, 4) is 0 Å². The first-order valence-electron chi connectivity index (χ1n) is 6.68. The monoisotopic (exact) mass is 292 g/mol. The highest BCUT2D eigenvalue weighted by Crippen LogP contribution is 2.28. The van der Waals surface area contributed by atoms with E-state index >= 15 is 0 Å². The van der Waals surface area contributed by atoms with Gasteiger partial charge in [0.15, 0.2) is 0 Å². The second kappa shape index (κ2) is 5.30. The molecule has 0 saturated carbocycles. The molecule has 3 rings (SSSR count). The van der Waals surface area contributed by atoms with Gasteiger partial charge in [-0.25, -0.2) is 4.98 Å². The summed E-state index contributed by atoms with van der Waals surface area (Å²) in [4.78, 5) is 6.58. The van der Waals surface area contributed by atoms with Crippen LogP contribution in [0.3, 0.4) is 0 Å². The van der Waals surface area contributed by atoms with Gasteiger partial charge >= 0.3 is 0 Å². The topological polar surface area (TPSA) is 56.6 Å². The highest BCUT2D eigenvalue weighted by Gasteiger charge is 2.30. The molecule has 4 nitrogen and oxygen atoms in total. The Morgan fingerprint density at radius 2 is 1.90 bits per heavy atom. The highest BCUT2D eigenvalue weighted by molar-refractivity contribution is 6.32. The highest BCUT2D eigenvalue weighted by atomic mass is 35.5. The van der Waals surface area contributed by atoms with Crippen LogP contribution in [0, 0.1) is 6.92 Å². The van der Waals surface area contributed by atoms with Gasteiger partial charge in [0.2, 0.25) is 0 Å². The quantitative estimate of drug-likeness (QED) is 0.885. The van der Waals surface area contributed by atoms with E-state index in [1.165, 1.54) is 0 Å². The van der Waals surface area contributed by atoms with Crippen molar-refractivity contribution in [2.75, 3.05) is 13.1 Å². The van der Waals surface area contributed by atoms with Crippen molar-refractivity contribution in [2.24, 2.45) is 0 Å². The number of hydrogen-bond acceptors (Lipinski definition) is 4. The Balaban J connectivity index is 1.94. The van der Waals surface area contributed by atoms with Crippen LogP contribution >= 0.6 is 11.6 Å². The summed E-state index contributed by atoms with van der Waals surface area (Å²) in [5.74, 6) is 0. The number of rotatable bonds is 2. The Morgan fingerprint density at radius 1 is 1.25 bits per heavy atom. The van der Waals surface area contributed by atoms with Crippen molar-refractivity contribution in [3.63, 3.8) is 0 Å². The van der Waals surface area contributed by atoms with Crippen LogP contribution in [0.2, 0.25) is 5.02 Å². The van der Waals surface area contributed by atoms with E-state index in [4.69, 9.17) is 11.6 Å². The van der Waals surface area contributed by atoms with Gasteiger partial charge in [-0.15, -0.1) is 0 Å². The van der Waals surface area contributed by atoms with E-state index in [-0.39, 0.29) is 0 Å². The fraction of sp³-hybridized carbons (Fsp3) is 0.400. The number of para-hydroxylation sites is 1. The summed E-state index contributed by atoms with van der Waals surface area (Å²) in [7, 11) is 0. The number of nitrogens with zero attached hydrogens (tertiary/aromatic N) is 2. The summed E-state index contributed by atoms with van der Waals surface area (Å²) >= 11 is 6.41. The molecule has 1 aromatic heterocycles. The second-order valence-corrected chi connectivity index (χ2v) is 5.72. The molecule has 20 heavy (non-hydrogen) atoms. The Morgan fingerprint density at radius 3 is 2.60 bits per heavy atom. The van der Waals surface area contributed by atoms with E-state index in [1.807, 2.05) is 36.1 Å². The lowest BCUT2D eigenvalue weighted by Crippen LogP contribution is -2.22. The number of aromatic nitrogens is 1. The Kier molecular flexibility index (Phi) is 3.65. The number of aryl methyl sites for hydroxylation is 1. The number of aliphatic hydroxyl groups excluding tert-OH is 2. The van der Waals surface area contributed by atoms with Crippen LogP contribution in [0.4, 0.5) is 0 Å². The summed E-state index contributed by atoms with van der Waals surface area (Å²) in [6.07, 6.45) is -1.37. The molecule has 1 aliphatic heterocycles. The maximum Gasteiger partial charge on any atom is 0.0938 e. The van der Waals surface area contributed by atoms with Crippen LogP contribution < -0.4 is 0 Å². The van der Waals surface area contributed by atoms with Gasteiger partial charge in [-0.1, -0.05) is 29.8 Å². The van der Waals surface area contributed by atoms with Crippen molar-refractivity contribution in [1.29, 1.82) is 0 Å². The Labute approximate surface area is 122 Å². The van der Waals surface area contributed by atoms with Crippen LogP contribution in [0.15, 0.2) is 24.3 Å². The molecule has 0 aliphatic carbocycles. The first-order valence-corrected chi connectivity index (χ1v) is 7.06. The molecular formula is C15H17ClN2O2. The number of aliphatic hydroxyl groups is 2. The molecule has 2 atom stereocenters. The average Bonchev–Trinajstić information content (AvgIpc) is 2.74. The zero-order valence-electron chi connectivity index (χ0n) is 11.3. The molecule has 1 aliphatic rings. The standard InChI is InChI=1S/C15H17ClN2O2/c1-9-10-4-2-3-5-11(10)17-12(15(9)16)6-18-7-13(19)14(20)8-18/h2-5,13-14,19-20H,6-8H2,1H3. The molecule has 2 N–H and O–H groups in total.